The van der Waals surface area contributed by atoms with Crippen molar-refractivity contribution in [3.8, 4) is 5.75 Å². The van der Waals surface area contributed by atoms with Gasteiger partial charge in [-0.2, -0.15) is 0 Å². The van der Waals surface area contributed by atoms with Gasteiger partial charge in [0.05, 0.1) is 33.5 Å². The minimum Gasteiger partial charge on any atom is -0.497 e. The van der Waals surface area contributed by atoms with Gasteiger partial charge in [-0.3, -0.25) is 4.99 Å². The Bertz CT molecular complexity index is 379. The molecule has 0 radical (unpaired) electrons. The third-order valence-electron chi connectivity index (χ3n) is 2.31. The van der Waals surface area contributed by atoms with Crippen LogP contribution in [-0.4, -0.2) is 46.5 Å². The van der Waals surface area contributed by atoms with E-state index in [1.165, 1.54) is 0 Å². The summed E-state index contributed by atoms with van der Waals surface area (Å²) in [4.78, 5) is 4.15. The summed E-state index contributed by atoms with van der Waals surface area (Å²) in [6.45, 7) is 2.19. The molecule has 1 aromatic rings. The summed E-state index contributed by atoms with van der Waals surface area (Å²) >= 11 is 0. The van der Waals surface area contributed by atoms with Crippen LogP contribution >= 0.6 is 0 Å². The van der Waals surface area contributed by atoms with Crippen molar-refractivity contribution in [3.63, 3.8) is 0 Å². The van der Waals surface area contributed by atoms with E-state index >= 15 is 0 Å². The third-order valence-corrected chi connectivity index (χ3v) is 2.31. The number of anilines is 1. The maximum absolute atomic E-state index is 5.74. The summed E-state index contributed by atoms with van der Waals surface area (Å²) in [5.41, 5.74) is 6.61. The number of nitrogens with two attached hydrogens (primary N) is 1. The van der Waals surface area contributed by atoms with Crippen LogP contribution in [0.1, 0.15) is 0 Å². The Hall–Kier alpha value is -1.79. The maximum Gasteiger partial charge on any atom is 0.193 e. The molecule has 1 rings (SSSR count). The maximum atomic E-state index is 5.74. The molecule has 0 saturated carbocycles. The van der Waals surface area contributed by atoms with E-state index in [0.717, 1.165) is 11.4 Å². The summed E-state index contributed by atoms with van der Waals surface area (Å²) in [6.07, 6.45) is 0. The molecule has 0 aliphatic heterocycles. The number of guanidine groups is 1. The molecule has 0 unspecified atom stereocenters. The van der Waals surface area contributed by atoms with Crippen molar-refractivity contribution in [3.05, 3.63) is 24.3 Å². The van der Waals surface area contributed by atoms with Crippen molar-refractivity contribution in [2.75, 3.05) is 45.9 Å². The van der Waals surface area contributed by atoms with Crippen molar-refractivity contribution < 1.29 is 14.2 Å². The molecule has 0 heterocycles. The van der Waals surface area contributed by atoms with E-state index in [9.17, 15) is 0 Å². The highest BCUT2D eigenvalue weighted by Gasteiger charge is 1.96. The Morgan fingerprint density at radius 2 is 1.89 bits per heavy atom. The lowest BCUT2D eigenvalue weighted by molar-refractivity contribution is 0.0748. The SMILES string of the molecule is COCCOCCN=C(N)Nc1ccc(OC)cc1. The smallest absolute Gasteiger partial charge is 0.193 e. The average molecular weight is 267 g/mol. The number of hydrogen-bond donors (Lipinski definition) is 2. The van der Waals surface area contributed by atoms with E-state index in [1.54, 1.807) is 14.2 Å². The first-order valence-corrected chi connectivity index (χ1v) is 6.04. The van der Waals surface area contributed by atoms with Crippen LogP contribution in [0.2, 0.25) is 0 Å². The molecule has 0 amide bonds. The molecule has 0 bridgehead atoms. The first-order chi connectivity index (χ1) is 9.26. The number of nitrogens with zero attached hydrogens (tertiary/aromatic N) is 1. The molecule has 0 spiro atoms. The van der Waals surface area contributed by atoms with Gasteiger partial charge >= 0.3 is 0 Å². The summed E-state index contributed by atoms with van der Waals surface area (Å²) < 4.78 is 15.2. The molecule has 0 aromatic heterocycles. The van der Waals surface area contributed by atoms with Gasteiger partial charge in [-0.1, -0.05) is 0 Å². The Labute approximate surface area is 113 Å². The van der Waals surface area contributed by atoms with Crippen molar-refractivity contribution in [2.45, 2.75) is 0 Å². The van der Waals surface area contributed by atoms with E-state index in [4.69, 9.17) is 19.9 Å². The predicted molar refractivity (Wildman–Crippen MR) is 75.8 cm³/mol. The van der Waals surface area contributed by atoms with Crippen LogP contribution in [0.3, 0.4) is 0 Å². The first kappa shape index (κ1) is 15.3. The second kappa shape index (κ2) is 9.18. The number of nitrogens with one attached hydrogen (secondary N) is 1. The van der Waals surface area contributed by atoms with Crippen LogP contribution in [-0.2, 0) is 9.47 Å². The van der Waals surface area contributed by atoms with Crippen molar-refractivity contribution in [1.82, 2.24) is 0 Å². The quantitative estimate of drug-likeness (QED) is 0.419. The van der Waals surface area contributed by atoms with E-state index < -0.39 is 0 Å². The average Bonchev–Trinajstić information content (AvgIpc) is 2.43. The summed E-state index contributed by atoms with van der Waals surface area (Å²) in [5.74, 6) is 1.16. The lowest BCUT2D eigenvalue weighted by atomic mass is 10.3. The van der Waals surface area contributed by atoms with Crippen LogP contribution in [0.15, 0.2) is 29.3 Å². The molecule has 0 saturated heterocycles. The van der Waals surface area contributed by atoms with E-state index in [2.05, 4.69) is 10.3 Å². The highest BCUT2D eigenvalue weighted by molar-refractivity contribution is 5.92. The molecule has 0 fully saturated rings. The molecule has 106 valence electrons. The predicted octanol–water partition coefficient (Wildman–Crippen LogP) is 1.08. The lowest BCUT2D eigenvalue weighted by Crippen LogP contribution is -2.23. The normalized spacial score (nSPS) is 11.4. The van der Waals surface area contributed by atoms with Gasteiger partial charge in [-0.15, -0.1) is 0 Å². The topological polar surface area (TPSA) is 78.1 Å². The molecular formula is C13H21N3O3. The van der Waals surface area contributed by atoms with Crippen molar-refractivity contribution in [2.24, 2.45) is 10.7 Å². The van der Waals surface area contributed by atoms with E-state index in [1.807, 2.05) is 24.3 Å². The summed E-state index contributed by atoms with van der Waals surface area (Å²) in [5, 5.41) is 2.99. The zero-order chi connectivity index (χ0) is 13.9. The zero-order valence-electron chi connectivity index (χ0n) is 11.4. The van der Waals surface area contributed by atoms with Gasteiger partial charge in [0.1, 0.15) is 5.75 Å². The van der Waals surface area contributed by atoms with E-state index in [0.29, 0.717) is 32.3 Å². The Kier molecular flexibility index (Phi) is 7.38. The minimum absolute atomic E-state index is 0.362. The van der Waals surface area contributed by atoms with Gasteiger partial charge in [0, 0.05) is 12.8 Å². The molecule has 1 aromatic carbocycles. The Balaban J connectivity index is 2.26. The summed E-state index contributed by atoms with van der Waals surface area (Å²) in [7, 11) is 3.26. The van der Waals surface area contributed by atoms with Crippen molar-refractivity contribution in [1.29, 1.82) is 0 Å². The second-order valence-electron chi connectivity index (χ2n) is 3.73. The van der Waals surface area contributed by atoms with Gasteiger partial charge in [0.25, 0.3) is 0 Å². The standard InChI is InChI=1S/C13H21N3O3/c1-17-9-10-19-8-7-15-13(14)16-11-3-5-12(18-2)6-4-11/h3-6H,7-10H2,1-2H3,(H3,14,15,16). The van der Waals surface area contributed by atoms with Gasteiger partial charge in [-0.05, 0) is 24.3 Å². The molecule has 6 heteroatoms. The molecule has 3 N–H and O–H groups in total. The fourth-order valence-corrected chi connectivity index (χ4v) is 1.34. The first-order valence-electron chi connectivity index (χ1n) is 6.04. The van der Waals surface area contributed by atoms with Crippen LogP contribution in [0.5, 0.6) is 5.75 Å². The third kappa shape index (κ3) is 6.64. The number of aliphatic imine (C=N–C) groups is 1. The Morgan fingerprint density at radius 1 is 1.16 bits per heavy atom. The fraction of sp³-hybridized carbons (Fsp3) is 0.462. The zero-order valence-corrected chi connectivity index (χ0v) is 11.4. The number of hydrogen-bond acceptors (Lipinski definition) is 4. The number of methoxy groups -OCH3 is 2. The van der Waals surface area contributed by atoms with E-state index in [-0.39, 0.29) is 0 Å². The molecule has 0 aliphatic carbocycles. The molecule has 0 aliphatic rings. The highest BCUT2D eigenvalue weighted by atomic mass is 16.5. The number of ether oxygens (including phenoxy) is 3. The summed E-state index contributed by atoms with van der Waals surface area (Å²) in [6, 6.07) is 7.44. The van der Waals surface area contributed by atoms with Gasteiger partial charge in [-0.25, -0.2) is 0 Å². The van der Waals surface area contributed by atoms with Crippen LogP contribution in [0.4, 0.5) is 5.69 Å². The van der Waals surface area contributed by atoms with Crippen LogP contribution in [0, 0.1) is 0 Å². The van der Waals surface area contributed by atoms with Gasteiger partial charge < -0.3 is 25.3 Å². The molecule has 19 heavy (non-hydrogen) atoms. The van der Waals surface area contributed by atoms with Crippen LogP contribution < -0.4 is 15.8 Å². The monoisotopic (exact) mass is 267 g/mol. The number of rotatable bonds is 8. The fourth-order valence-electron chi connectivity index (χ4n) is 1.34. The molecule has 0 atom stereocenters. The Morgan fingerprint density at radius 3 is 2.53 bits per heavy atom. The van der Waals surface area contributed by atoms with Crippen molar-refractivity contribution >= 4 is 11.6 Å². The highest BCUT2D eigenvalue weighted by Crippen LogP contribution is 2.14. The molecular weight excluding hydrogens is 246 g/mol. The minimum atomic E-state index is 0.362. The van der Waals surface area contributed by atoms with Gasteiger partial charge in [0.2, 0.25) is 0 Å². The largest absolute Gasteiger partial charge is 0.497 e. The van der Waals surface area contributed by atoms with Crippen LogP contribution in [0.25, 0.3) is 0 Å². The molecule has 6 nitrogen and oxygen atoms in total. The lowest BCUT2D eigenvalue weighted by Gasteiger charge is -2.07. The number of benzene rings is 1. The second-order valence-corrected chi connectivity index (χ2v) is 3.73. The van der Waals surface area contributed by atoms with Gasteiger partial charge in [0.15, 0.2) is 5.96 Å².